The summed E-state index contributed by atoms with van der Waals surface area (Å²) in [6, 6.07) is 4.20. The molecule has 0 bridgehead atoms. The van der Waals surface area contributed by atoms with Gasteiger partial charge in [0.05, 0.1) is 11.5 Å². The predicted molar refractivity (Wildman–Crippen MR) is 75.0 cm³/mol. The van der Waals surface area contributed by atoms with Gasteiger partial charge in [-0.05, 0) is 19.1 Å². The number of benzene rings is 1. The Labute approximate surface area is 124 Å². The van der Waals surface area contributed by atoms with Gasteiger partial charge in [-0.15, -0.1) is 10.2 Å². The third kappa shape index (κ3) is 3.16. The van der Waals surface area contributed by atoms with Crippen LogP contribution >= 0.6 is 11.6 Å². The Morgan fingerprint density at radius 3 is 2.95 bits per heavy atom. The molecular formula is C12H12ClN5O3. The molecule has 0 saturated carbocycles. The standard InChI is InChI=1S/C12H12ClN5O3/c1-2-17-7-15-16-10(17)6-14-12(19)8-4-3-5-9(13)11(8)18(20)21/h3-5,7H,2,6H2,1H3,(H,14,19). The highest BCUT2D eigenvalue weighted by atomic mass is 35.5. The SMILES string of the molecule is CCn1cnnc1CNC(=O)c1cccc(Cl)c1[N+](=O)[O-]. The lowest BCUT2D eigenvalue weighted by Gasteiger charge is -2.07. The molecule has 0 aliphatic carbocycles. The van der Waals surface area contributed by atoms with Gasteiger partial charge in [-0.1, -0.05) is 17.7 Å². The Morgan fingerprint density at radius 2 is 2.29 bits per heavy atom. The highest BCUT2D eigenvalue weighted by Gasteiger charge is 2.23. The first-order valence-electron chi connectivity index (χ1n) is 6.12. The van der Waals surface area contributed by atoms with Crippen molar-refractivity contribution in [3.05, 3.63) is 51.1 Å². The van der Waals surface area contributed by atoms with E-state index in [-0.39, 0.29) is 17.1 Å². The summed E-state index contributed by atoms with van der Waals surface area (Å²) in [5.74, 6) is -0.0228. The van der Waals surface area contributed by atoms with Crippen LogP contribution in [0.2, 0.25) is 5.02 Å². The molecule has 0 aliphatic rings. The number of aromatic nitrogens is 3. The predicted octanol–water partition coefficient (Wildman–Crippen LogP) is 1.79. The van der Waals surface area contributed by atoms with E-state index in [1.165, 1.54) is 18.2 Å². The van der Waals surface area contributed by atoms with Gasteiger partial charge in [0.1, 0.15) is 16.9 Å². The molecule has 110 valence electrons. The van der Waals surface area contributed by atoms with Gasteiger partial charge in [-0.3, -0.25) is 14.9 Å². The molecule has 0 radical (unpaired) electrons. The zero-order valence-corrected chi connectivity index (χ0v) is 11.9. The Hall–Kier alpha value is -2.48. The number of aryl methyl sites for hydroxylation is 1. The molecule has 1 N–H and O–H groups in total. The van der Waals surface area contributed by atoms with Crippen LogP contribution in [0, 0.1) is 10.1 Å². The molecule has 9 heteroatoms. The molecule has 2 rings (SSSR count). The van der Waals surface area contributed by atoms with Crippen LogP contribution < -0.4 is 5.32 Å². The largest absolute Gasteiger partial charge is 0.345 e. The molecule has 0 unspecified atom stereocenters. The Bertz CT molecular complexity index is 685. The smallest absolute Gasteiger partial charge is 0.300 e. The Kier molecular flexibility index (Phi) is 4.49. The molecule has 21 heavy (non-hydrogen) atoms. The third-order valence-corrected chi connectivity index (χ3v) is 3.16. The highest BCUT2D eigenvalue weighted by molar-refractivity contribution is 6.33. The molecule has 1 amide bonds. The first kappa shape index (κ1) is 14.9. The Balaban J connectivity index is 2.18. The minimum Gasteiger partial charge on any atom is -0.345 e. The van der Waals surface area contributed by atoms with Crippen LogP contribution in [-0.4, -0.2) is 25.6 Å². The van der Waals surface area contributed by atoms with E-state index in [1.807, 2.05) is 6.92 Å². The second-order valence-corrected chi connectivity index (χ2v) is 4.52. The summed E-state index contributed by atoms with van der Waals surface area (Å²) >= 11 is 5.77. The van der Waals surface area contributed by atoms with Crippen molar-refractivity contribution in [2.45, 2.75) is 20.0 Å². The second kappa shape index (κ2) is 6.31. The monoisotopic (exact) mass is 309 g/mol. The average Bonchev–Trinajstić information content (AvgIpc) is 2.91. The lowest BCUT2D eigenvalue weighted by molar-refractivity contribution is -0.385. The number of nitro groups is 1. The van der Waals surface area contributed by atoms with Crippen molar-refractivity contribution < 1.29 is 9.72 Å². The fourth-order valence-electron chi connectivity index (χ4n) is 1.82. The van der Waals surface area contributed by atoms with E-state index in [1.54, 1.807) is 10.9 Å². The van der Waals surface area contributed by atoms with Crippen molar-refractivity contribution >= 4 is 23.2 Å². The quantitative estimate of drug-likeness (QED) is 0.670. The number of hydrogen-bond donors (Lipinski definition) is 1. The average molecular weight is 310 g/mol. The van der Waals surface area contributed by atoms with E-state index in [2.05, 4.69) is 15.5 Å². The second-order valence-electron chi connectivity index (χ2n) is 4.11. The molecule has 0 aliphatic heterocycles. The minimum absolute atomic E-state index is 0.0793. The first-order valence-corrected chi connectivity index (χ1v) is 6.50. The summed E-state index contributed by atoms with van der Waals surface area (Å²) in [5.41, 5.74) is -0.497. The molecule has 0 saturated heterocycles. The summed E-state index contributed by atoms with van der Waals surface area (Å²) < 4.78 is 1.76. The fraction of sp³-hybridized carbons (Fsp3) is 0.250. The molecule has 1 aromatic heterocycles. The number of amides is 1. The number of nitrogens with zero attached hydrogens (tertiary/aromatic N) is 4. The summed E-state index contributed by atoms with van der Waals surface area (Å²) in [5, 5.41) is 21.1. The first-order chi connectivity index (χ1) is 10.0. The van der Waals surface area contributed by atoms with Gasteiger partial charge in [-0.25, -0.2) is 0 Å². The van der Waals surface area contributed by atoms with Crippen molar-refractivity contribution in [2.75, 3.05) is 0 Å². The van der Waals surface area contributed by atoms with Crippen molar-refractivity contribution in [3.8, 4) is 0 Å². The van der Waals surface area contributed by atoms with E-state index >= 15 is 0 Å². The van der Waals surface area contributed by atoms with Gasteiger partial charge in [0.15, 0.2) is 5.82 Å². The zero-order valence-electron chi connectivity index (χ0n) is 11.1. The molecule has 0 fully saturated rings. The van der Waals surface area contributed by atoms with Gasteiger partial charge in [0.2, 0.25) is 0 Å². The van der Waals surface area contributed by atoms with Crippen molar-refractivity contribution in [2.24, 2.45) is 0 Å². The summed E-state index contributed by atoms with van der Waals surface area (Å²) in [6.07, 6.45) is 1.54. The molecule has 8 nitrogen and oxygen atoms in total. The number of halogens is 1. The van der Waals surface area contributed by atoms with Gasteiger partial charge in [0.25, 0.3) is 5.91 Å². The third-order valence-electron chi connectivity index (χ3n) is 2.86. The van der Waals surface area contributed by atoms with Crippen LogP contribution in [0.15, 0.2) is 24.5 Å². The van der Waals surface area contributed by atoms with E-state index in [0.29, 0.717) is 12.4 Å². The number of carbonyl (C=O) groups excluding carboxylic acids is 1. The molecule has 0 atom stereocenters. The van der Waals surface area contributed by atoms with Crippen LogP contribution in [0.4, 0.5) is 5.69 Å². The van der Waals surface area contributed by atoms with Crippen LogP contribution in [0.25, 0.3) is 0 Å². The van der Waals surface area contributed by atoms with Crippen LogP contribution in [0.1, 0.15) is 23.1 Å². The summed E-state index contributed by atoms with van der Waals surface area (Å²) in [7, 11) is 0. The normalized spacial score (nSPS) is 10.4. The number of para-hydroxylation sites is 1. The van der Waals surface area contributed by atoms with Crippen molar-refractivity contribution in [1.82, 2.24) is 20.1 Å². The maximum absolute atomic E-state index is 12.1. The van der Waals surface area contributed by atoms with Crippen molar-refractivity contribution in [1.29, 1.82) is 0 Å². The van der Waals surface area contributed by atoms with E-state index < -0.39 is 16.5 Å². The van der Waals surface area contributed by atoms with Crippen LogP contribution in [0.3, 0.4) is 0 Å². The highest BCUT2D eigenvalue weighted by Crippen LogP contribution is 2.28. The molecule has 0 spiro atoms. The number of nitrogens with one attached hydrogen (secondary N) is 1. The lowest BCUT2D eigenvalue weighted by Crippen LogP contribution is -2.25. The number of nitro benzene ring substituents is 1. The van der Waals surface area contributed by atoms with Gasteiger partial charge in [0, 0.05) is 6.54 Å². The van der Waals surface area contributed by atoms with Gasteiger partial charge < -0.3 is 9.88 Å². The summed E-state index contributed by atoms with van der Waals surface area (Å²) in [6.45, 7) is 2.70. The maximum Gasteiger partial charge on any atom is 0.300 e. The van der Waals surface area contributed by atoms with Crippen LogP contribution in [0.5, 0.6) is 0 Å². The molecular weight excluding hydrogens is 298 g/mol. The van der Waals surface area contributed by atoms with Crippen LogP contribution in [-0.2, 0) is 13.1 Å². The van der Waals surface area contributed by atoms with E-state index in [0.717, 1.165) is 0 Å². The molecule has 1 heterocycles. The number of rotatable bonds is 5. The Morgan fingerprint density at radius 1 is 1.52 bits per heavy atom. The lowest BCUT2D eigenvalue weighted by atomic mass is 10.1. The van der Waals surface area contributed by atoms with E-state index in [4.69, 9.17) is 11.6 Å². The molecule has 2 aromatic rings. The minimum atomic E-state index is -0.675. The van der Waals surface area contributed by atoms with Gasteiger partial charge in [-0.2, -0.15) is 0 Å². The maximum atomic E-state index is 12.1. The fourth-order valence-corrected chi connectivity index (χ4v) is 2.06. The molecule has 1 aromatic carbocycles. The zero-order chi connectivity index (χ0) is 15.4. The van der Waals surface area contributed by atoms with Crippen molar-refractivity contribution in [3.63, 3.8) is 0 Å². The van der Waals surface area contributed by atoms with Gasteiger partial charge >= 0.3 is 5.69 Å². The summed E-state index contributed by atoms with van der Waals surface area (Å²) in [4.78, 5) is 22.4. The number of hydrogen-bond acceptors (Lipinski definition) is 5. The number of carbonyl (C=O) groups is 1. The van der Waals surface area contributed by atoms with E-state index in [9.17, 15) is 14.9 Å². The topological polar surface area (TPSA) is 103 Å².